The van der Waals surface area contributed by atoms with E-state index < -0.39 is 0 Å². The van der Waals surface area contributed by atoms with Crippen molar-refractivity contribution in [3.05, 3.63) is 34.4 Å². The molecule has 3 nitrogen and oxygen atoms in total. The Morgan fingerprint density at radius 2 is 1.84 bits per heavy atom. The molecule has 1 aromatic heterocycles. The predicted molar refractivity (Wildman–Crippen MR) is 79.9 cm³/mol. The number of nitrogens with zero attached hydrogens (tertiary/aromatic N) is 1. The van der Waals surface area contributed by atoms with Crippen LogP contribution in [0.3, 0.4) is 0 Å². The maximum absolute atomic E-state index is 6.00. The minimum Gasteiger partial charge on any atom is -0.367 e. The number of aromatic nitrogens is 1. The van der Waals surface area contributed by atoms with E-state index in [1.807, 2.05) is 12.1 Å². The largest absolute Gasteiger partial charge is 0.367 e. The number of rotatable bonds is 2. The summed E-state index contributed by atoms with van der Waals surface area (Å²) >= 11 is 3.45. The Hall–Kier alpha value is -1.29. The average Bonchev–Trinajstić information content (AvgIpc) is 2.98. The molecular formula is C15H17BrN2O. The van der Waals surface area contributed by atoms with Crippen LogP contribution >= 0.6 is 15.9 Å². The van der Waals surface area contributed by atoms with Crippen LogP contribution in [0.5, 0.6) is 0 Å². The topological polar surface area (TPSA) is 52.0 Å². The SMILES string of the molecule is CC1(c2noc(N)c2-c2ccc(Br)cc2)CCCC1. The molecule has 100 valence electrons. The summed E-state index contributed by atoms with van der Waals surface area (Å²) in [4.78, 5) is 0. The standard InChI is InChI=1S/C15H17BrN2O/c1-15(8-2-3-9-15)13-12(14(17)19-18-13)10-4-6-11(16)7-5-10/h4-7H,2-3,8-9,17H2,1H3. The quantitative estimate of drug-likeness (QED) is 0.885. The second kappa shape index (κ2) is 4.67. The lowest BCUT2D eigenvalue weighted by Crippen LogP contribution is -2.18. The summed E-state index contributed by atoms with van der Waals surface area (Å²) in [6, 6.07) is 8.13. The van der Waals surface area contributed by atoms with Crippen LogP contribution in [-0.4, -0.2) is 5.16 Å². The Bertz CT molecular complexity index is 583. The minimum atomic E-state index is 0.101. The van der Waals surface area contributed by atoms with E-state index in [-0.39, 0.29) is 5.41 Å². The lowest BCUT2D eigenvalue weighted by molar-refractivity contribution is 0.386. The highest BCUT2D eigenvalue weighted by Gasteiger charge is 2.36. The molecule has 0 spiro atoms. The predicted octanol–water partition coefficient (Wildman–Crippen LogP) is 4.52. The summed E-state index contributed by atoms with van der Waals surface area (Å²) in [7, 11) is 0. The van der Waals surface area contributed by atoms with Gasteiger partial charge >= 0.3 is 0 Å². The molecule has 0 bridgehead atoms. The third-order valence-corrected chi connectivity index (χ3v) is 4.66. The Labute approximate surface area is 121 Å². The van der Waals surface area contributed by atoms with Crippen LogP contribution in [0.4, 0.5) is 5.88 Å². The molecule has 19 heavy (non-hydrogen) atoms. The number of anilines is 1. The van der Waals surface area contributed by atoms with E-state index in [9.17, 15) is 0 Å². The van der Waals surface area contributed by atoms with Gasteiger partial charge in [-0.15, -0.1) is 0 Å². The maximum Gasteiger partial charge on any atom is 0.230 e. The Balaban J connectivity index is 2.11. The van der Waals surface area contributed by atoms with Gasteiger partial charge in [0.05, 0.1) is 11.3 Å². The third-order valence-electron chi connectivity index (χ3n) is 4.13. The molecule has 0 aliphatic heterocycles. The first-order chi connectivity index (χ1) is 9.10. The number of hydrogen-bond donors (Lipinski definition) is 1. The van der Waals surface area contributed by atoms with E-state index >= 15 is 0 Å². The lowest BCUT2D eigenvalue weighted by atomic mass is 9.81. The first-order valence-electron chi connectivity index (χ1n) is 6.62. The normalized spacial score (nSPS) is 17.8. The maximum atomic E-state index is 6.00. The van der Waals surface area contributed by atoms with Crippen molar-refractivity contribution in [2.24, 2.45) is 0 Å². The van der Waals surface area contributed by atoms with Gasteiger partial charge in [0.1, 0.15) is 0 Å². The zero-order valence-corrected chi connectivity index (χ0v) is 12.5. The molecule has 1 aliphatic carbocycles. The van der Waals surface area contributed by atoms with Gasteiger partial charge in [-0.3, -0.25) is 0 Å². The van der Waals surface area contributed by atoms with Crippen LogP contribution in [-0.2, 0) is 5.41 Å². The van der Waals surface area contributed by atoms with Gasteiger partial charge in [-0.2, -0.15) is 0 Å². The third kappa shape index (κ3) is 2.18. The fourth-order valence-corrected chi connectivity index (χ4v) is 3.27. The Morgan fingerprint density at radius 3 is 2.47 bits per heavy atom. The van der Waals surface area contributed by atoms with Gasteiger partial charge in [-0.05, 0) is 30.5 Å². The summed E-state index contributed by atoms with van der Waals surface area (Å²) in [6.45, 7) is 2.26. The number of nitrogens with two attached hydrogens (primary N) is 1. The molecule has 0 saturated heterocycles. The van der Waals surface area contributed by atoms with Crippen molar-refractivity contribution in [3.63, 3.8) is 0 Å². The molecule has 0 unspecified atom stereocenters. The molecule has 1 fully saturated rings. The Morgan fingerprint density at radius 1 is 1.21 bits per heavy atom. The molecule has 0 amide bonds. The van der Waals surface area contributed by atoms with E-state index in [4.69, 9.17) is 10.3 Å². The fraction of sp³-hybridized carbons (Fsp3) is 0.400. The molecule has 1 aromatic carbocycles. The van der Waals surface area contributed by atoms with E-state index in [0.717, 1.165) is 34.1 Å². The van der Waals surface area contributed by atoms with Gasteiger partial charge in [0.15, 0.2) is 0 Å². The van der Waals surface area contributed by atoms with Crippen LogP contribution in [0.1, 0.15) is 38.3 Å². The van der Waals surface area contributed by atoms with E-state index in [1.54, 1.807) is 0 Å². The highest BCUT2D eigenvalue weighted by Crippen LogP contribution is 2.45. The van der Waals surface area contributed by atoms with Crippen molar-refractivity contribution in [1.82, 2.24) is 5.16 Å². The van der Waals surface area contributed by atoms with E-state index in [2.05, 4.69) is 40.1 Å². The first kappa shape index (κ1) is 12.7. The van der Waals surface area contributed by atoms with Crippen LogP contribution in [0.2, 0.25) is 0 Å². The number of halogens is 1. The van der Waals surface area contributed by atoms with Crippen molar-refractivity contribution in [3.8, 4) is 11.1 Å². The zero-order valence-electron chi connectivity index (χ0n) is 10.9. The molecule has 1 saturated carbocycles. The molecule has 1 aliphatic rings. The van der Waals surface area contributed by atoms with Gasteiger partial charge in [0.25, 0.3) is 0 Å². The summed E-state index contributed by atoms with van der Waals surface area (Å²) in [6.07, 6.45) is 4.82. The van der Waals surface area contributed by atoms with E-state index in [1.165, 1.54) is 12.8 Å². The fourth-order valence-electron chi connectivity index (χ4n) is 3.00. The van der Waals surface area contributed by atoms with Crippen LogP contribution in [0.25, 0.3) is 11.1 Å². The summed E-state index contributed by atoms with van der Waals surface area (Å²) in [5, 5.41) is 4.26. The van der Waals surface area contributed by atoms with Crippen molar-refractivity contribution < 1.29 is 4.52 Å². The highest BCUT2D eigenvalue weighted by atomic mass is 79.9. The molecule has 3 rings (SSSR count). The summed E-state index contributed by atoms with van der Waals surface area (Å²) < 4.78 is 6.33. The van der Waals surface area contributed by atoms with Gasteiger partial charge in [-0.1, -0.05) is 53.0 Å². The molecular weight excluding hydrogens is 304 g/mol. The molecule has 0 atom stereocenters. The molecule has 1 heterocycles. The van der Waals surface area contributed by atoms with Gasteiger partial charge in [-0.25, -0.2) is 0 Å². The second-order valence-electron chi connectivity index (χ2n) is 5.55. The first-order valence-corrected chi connectivity index (χ1v) is 7.41. The molecule has 2 N–H and O–H groups in total. The summed E-state index contributed by atoms with van der Waals surface area (Å²) in [5.41, 5.74) is 9.16. The molecule has 4 heteroatoms. The van der Waals surface area contributed by atoms with Crippen molar-refractivity contribution in [2.75, 3.05) is 5.73 Å². The molecule has 0 radical (unpaired) electrons. The van der Waals surface area contributed by atoms with Crippen LogP contribution in [0.15, 0.2) is 33.3 Å². The Kier molecular flexibility index (Phi) is 3.13. The number of hydrogen-bond acceptors (Lipinski definition) is 3. The second-order valence-corrected chi connectivity index (χ2v) is 6.46. The number of nitrogen functional groups attached to an aromatic ring is 1. The van der Waals surface area contributed by atoms with Crippen molar-refractivity contribution >= 4 is 21.8 Å². The van der Waals surface area contributed by atoms with Gasteiger partial charge in [0.2, 0.25) is 5.88 Å². The minimum absolute atomic E-state index is 0.101. The van der Waals surface area contributed by atoms with Crippen LogP contribution in [0, 0.1) is 0 Å². The summed E-state index contributed by atoms with van der Waals surface area (Å²) in [5.74, 6) is 0.422. The highest BCUT2D eigenvalue weighted by molar-refractivity contribution is 9.10. The molecule has 2 aromatic rings. The van der Waals surface area contributed by atoms with Crippen LogP contribution < -0.4 is 5.73 Å². The lowest BCUT2D eigenvalue weighted by Gasteiger charge is -2.21. The number of benzene rings is 1. The van der Waals surface area contributed by atoms with E-state index in [0.29, 0.717) is 5.88 Å². The average molecular weight is 321 g/mol. The zero-order chi connectivity index (χ0) is 13.5. The smallest absolute Gasteiger partial charge is 0.230 e. The van der Waals surface area contributed by atoms with Crippen molar-refractivity contribution in [1.29, 1.82) is 0 Å². The van der Waals surface area contributed by atoms with Crippen molar-refractivity contribution in [2.45, 2.75) is 38.0 Å². The van der Waals surface area contributed by atoms with Gasteiger partial charge < -0.3 is 10.3 Å². The monoisotopic (exact) mass is 320 g/mol. The van der Waals surface area contributed by atoms with Gasteiger partial charge in [0, 0.05) is 9.89 Å².